The zero-order valence-electron chi connectivity index (χ0n) is 13.0. The molecule has 2 saturated heterocycles. The van der Waals surface area contributed by atoms with E-state index in [-0.39, 0.29) is 18.4 Å². The van der Waals surface area contributed by atoms with E-state index in [0.717, 1.165) is 0 Å². The van der Waals surface area contributed by atoms with Crippen LogP contribution in [0.25, 0.3) is 0 Å². The lowest BCUT2D eigenvalue weighted by Gasteiger charge is -2.33. The summed E-state index contributed by atoms with van der Waals surface area (Å²) in [7, 11) is 0. The average molecular weight is 319 g/mol. The summed E-state index contributed by atoms with van der Waals surface area (Å²) in [6.45, 7) is 1.59. The van der Waals surface area contributed by atoms with Crippen LogP contribution in [0.15, 0.2) is 10.2 Å². The number of terminal acetylenes is 1. The van der Waals surface area contributed by atoms with Gasteiger partial charge in [0.1, 0.15) is 0 Å². The zero-order valence-corrected chi connectivity index (χ0v) is 13.0. The summed E-state index contributed by atoms with van der Waals surface area (Å²) in [4.78, 5) is 25.9. The molecule has 3 heterocycles. The van der Waals surface area contributed by atoms with Gasteiger partial charge in [-0.25, -0.2) is 0 Å². The second-order valence-electron chi connectivity index (χ2n) is 6.64. The van der Waals surface area contributed by atoms with Crippen LogP contribution in [0, 0.1) is 23.7 Å². The summed E-state index contributed by atoms with van der Waals surface area (Å²) >= 11 is 0. The highest BCUT2D eigenvalue weighted by Gasteiger charge is 2.55. The predicted octanol–water partition coefficient (Wildman–Crippen LogP) is 1.29. The Bertz CT molecular complexity index is 576. The molecule has 2 atom stereocenters. The Hall–Kier alpha value is -1.94. The maximum Gasteiger partial charge on any atom is 0.311 e. The van der Waals surface area contributed by atoms with Gasteiger partial charge in [-0.15, -0.1) is 12.3 Å². The molecule has 0 aliphatic carbocycles. The van der Waals surface area contributed by atoms with Crippen molar-refractivity contribution in [3.63, 3.8) is 0 Å². The van der Waals surface area contributed by atoms with Crippen LogP contribution in [0.1, 0.15) is 32.1 Å². The van der Waals surface area contributed by atoms with Crippen molar-refractivity contribution in [2.24, 2.45) is 21.6 Å². The number of carboxylic acid groups (broad SMARTS) is 1. The molecule has 7 nitrogen and oxygen atoms in total. The highest BCUT2D eigenvalue weighted by atomic mass is 16.5. The van der Waals surface area contributed by atoms with Gasteiger partial charge in [0.05, 0.1) is 12.0 Å². The van der Waals surface area contributed by atoms with Gasteiger partial charge in [-0.05, 0) is 6.42 Å². The van der Waals surface area contributed by atoms with Gasteiger partial charge in [0.15, 0.2) is 5.66 Å². The number of carbonyl (C=O) groups excluding carboxylic acids is 1. The van der Waals surface area contributed by atoms with Crippen LogP contribution < -0.4 is 0 Å². The molecule has 0 spiro atoms. The molecule has 0 aromatic rings. The summed E-state index contributed by atoms with van der Waals surface area (Å²) < 4.78 is 5.41. The van der Waals surface area contributed by atoms with Gasteiger partial charge in [-0.2, -0.15) is 10.2 Å². The van der Waals surface area contributed by atoms with Crippen LogP contribution >= 0.6 is 0 Å². The Morgan fingerprint density at radius 2 is 2.17 bits per heavy atom. The number of carboxylic acids is 1. The van der Waals surface area contributed by atoms with Gasteiger partial charge >= 0.3 is 5.97 Å². The number of amides is 1. The topological polar surface area (TPSA) is 91.6 Å². The van der Waals surface area contributed by atoms with Crippen molar-refractivity contribution >= 4 is 11.9 Å². The van der Waals surface area contributed by atoms with Crippen molar-refractivity contribution in [2.75, 3.05) is 26.3 Å². The molecular weight excluding hydrogens is 298 g/mol. The van der Waals surface area contributed by atoms with E-state index in [4.69, 9.17) is 11.2 Å². The summed E-state index contributed by atoms with van der Waals surface area (Å²) in [6.07, 6.45) is 7.85. The van der Waals surface area contributed by atoms with E-state index in [2.05, 4.69) is 16.1 Å². The Labute approximate surface area is 135 Å². The molecule has 0 bridgehead atoms. The molecule has 0 radical (unpaired) electrons. The Morgan fingerprint density at radius 1 is 1.39 bits per heavy atom. The molecular formula is C16H21N3O4. The van der Waals surface area contributed by atoms with E-state index in [0.29, 0.717) is 51.9 Å². The molecule has 3 aliphatic rings. The lowest BCUT2D eigenvalue weighted by molar-refractivity contribution is -0.157. The minimum absolute atomic E-state index is 0.0302. The first-order valence-corrected chi connectivity index (χ1v) is 7.98. The highest BCUT2D eigenvalue weighted by molar-refractivity contribution is 5.81. The Balaban J connectivity index is 1.57. The minimum atomic E-state index is -0.844. The lowest BCUT2D eigenvalue weighted by atomic mass is 9.74. The molecule has 2 fully saturated rings. The fourth-order valence-electron chi connectivity index (χ4n) is 3.62. The number of rotatable bonds is 6. The monoisotopic (exact) mass is 319 g/mol. The van der Waals surface area contributed by atoms with Crippen molar-refractivity contribution in [1.29, 1.82) is 0 Å². The second-order valence-corrected chi connectivity index (χ2v) is 6.64. The van der Waals surface area contributed by atoms with Crippen LogP contribution in [-0.2, 0) is 14.3 Å². The van der Waals surface area contributed by atoms with E-state index in [1.165, 1.54) is 0 Å². The van der Waals surface area contributed by atoms with E-state index >= 15 is 0 Å². The van der Waals surface area contributed by atoms with Crippen LogP contribution in [0.2, 0.25) is 0 Å². The van der Waals surface area contributed by atoms with Crippen LogP contribution in [0.5, 0.6) is 0 Å². The normalized spacial score (nSPS) is 30.6. The second kappa shape index (κ2) is 5.93. The number of hydrogen-bond donors (Lipinski definition) is 1. The van der Waals surface area contributed by atoms with E-state index in [1.807, 2.05) is 0 Å². The quantitative estimate of drug-likeness (QED) is 0.747. The third-order valence-corrected chi connectivity index (χ3v) is 5.28. The van der Waals surface area contributed by atoms with Gasteiger partial charge in [-0.3, -0.25) is 9.59 Å². The van der Waals surface area contributed by atoms with Crippen LogP contribution in [-0.4, -0.2) is 53.8 Å². The molecule has 23 heavy (non-hydrogen) atoms. The standard InChI is InChI=1S/C16H21N3O4/c1-2-3-5-16(17-18-16)6-4-13(20)19-9-12-10-23-8-7-15(12,11-19)14(21)22/h1,12H,3-11H2,(H,21,22)/t12-,15+/m0/s1. The van der Waals surface area contributed by atoms with Crippen molar-refractivity contribution in [1.82, 2.24) is 4.90 Å². The number of nitrogens with zero attached hydrogens (tertiary/aromatic N) is 3. The summed E-state index contributed by atoms with van der Waals surface area (Å²) in [5, 5.41) is 17.7. The maximum absolute atomic E-state index is 12.5. The molecule has 7 heteroatoms. The largest absolute Gasteiger partial charge is 0.481 e. The Kier molecular flexibility index (Phi) is 4.11. The fraction of sp³-hybridized carbons (Fsp3) is 0.750. The molecule has 0 aromatic heterocycles. The van der Waals surface area contributed by atoms with Gasteiger partial charge in [-0.1, -0.05) is 0 Å². The first-order chi connectivity index (χ1) is 11.0. The third-order valence-electron chi connectivity index (χ3n) is 5.28. The molecule has 0 saturated carbocycles. The highest BCUT2D eigenvalue weighted by Crippen LogP contribution is 2.43. The molecule has 1 N–H and O–H groups in total. The molecule has 124 valence electrons. The van der Waals surface area contributed by atoms with Crippen LogP contribution in [0.4, 0.5) is 0 Å². The predicted molar refractivity (Wildman–Crippen MR) is 80.5 cm³/mol. The van der Waals surface area contributed by atoms with Crippen molar-refractivity contribution in [3.05, 3.63) is 0 Å². The molecule has 1 amide bonds. The molecule has 3 rings (SSSR count). The molecule has 0 unspecified atom stereocenters. The minimum Gasteiger partial charge on any atom is -0.481 e. The smallest absolute Gasteiger partial charge is 0.311 e. The number of likely N-dealkylation sites (tertiary alicyclic amines) is 1. The van der Waals surface area contributed by atoms with Gasteiger partial charge < -0.3 is 14.7 Å². The first-order valence-electron chi connectivity index (χ1n) is 7.98. The summed E-state index contributed by atoms with van der Waals surface area (Å²) in [5.41, 5.74) is -1.31. The number of hydrogen-bond acceptors (Lipinski definition) is 5. The number of fused-ring (bicyclic) bond motifs is 1. The lowest BCUT2D eigenvalue weighted by Crippen LogP contribution is -2.45. The number of aliphatic carboxylic acids is 1. The van der Waals surface area contributed by atoms with Crippen molar-refractivity contribution in [2.45, 2.75) is 37.8 Å². The van der Waals surface area contributed by atoms with Gasteiger partial charge in [0.25, 0.3) is 0 Å². The summed E-state index contributed by atoms with van der Waals surface area (Å²) in [5.74, 6) is 1.59. The zero-order chi connectivity index (χ0) is 16.5. The van der Waals surface area contributed by atoms with Crippen molar-refractivity contribution in [3.8, 4) is 12.3 Å². The summed E-state index contributed by atoms with van der Waals surface area (Å²) in [6, 6.07) is 0. The van der Waals surface area contributed by atoms with Gasteiger partial charge in [0.2, 0.25) is 5.91 Å². The van der Waals surface area contributed by atoms with Crippen LogP contribution in [0.3, 0.4) is 0 Å². The van der Waals surface area contributed by atoms with E-state index < -0.39 is 17.0 Å². The fourth-order valence-corrected chi connectivity index (χ4v) is 3.62. The first kappa shape index (κ1) is 15.9. The SMILES string of the molecule is C#CCCC1(CCC(=O)N2C[C@H]3COCC[C@@]3(C(=O)O)C2)N=N1. The maximum atomic E-state index is 12.5. The van der Waals surface area contributed by atoms with E-state index in [1.54, 1.807) is 4.90 Å². The van der Waals surface area contributed by atoms with Gasteiger partial charge in [0, 0.05) is 51.3 Å². The average Bonchev–Trinajstić information content (AvgIpc) is 3.20. The Morgan fingerprint density at radius 3 is 2.78 bits per heavy atom. The van der Waals surface area contributed by atoms with E-state index in [9.17, 15) is 14.7 Å². The molecule has 0 aromatic carbocycles. The molecule has 3 aliphatic heterocycles. The van der Waals surface area contributed by atoms with Crippen molar-refractivity contribution < 1.29 is 19.4 Å². The number of ether oxygens (including phenoxy) is 1. The number of carbonyl (C=O) groups is 2. The third kappa shape index (κ3) is 2.95.